The van der Waals surface area contributed by atoms with E-state index in [-0.39, 0.29) is 59.7 Å². The fourth-order valence-corrected chi connectivity index (χ4v) is 7.62. The molecule has 5 fully saturated rings. The maximum absolute atomic E-state index is 13.8. The number of guanidine groups is 1. The second kappa shape index (κ2) is 13.0. The average molecular weight is 577 g/mol. The number of carbonyl (C=O) groups is 2. The molecule has 41 heavy (non-hydrogen) atoms. The molecule has 13 heteroatoms. The molecule has 230 valence electrons. The zero-order valence-corrected chi connectivity index (χ0v) is 25.3. The minimum absolute atomic E-state index is 0.0154. The van der Waals surface area contributed by atoms with Crippen LogP contribution in [-0.4, -0.2) is 66.6 Å². The first-order valence-electron chi connectivity index (χ1n) is 15.4. The van der Waals surface area contributed by atoms with Crippen molar-refractivity contribution in [1.82, 2.24) is 16.1 Å². The average Bonchev–Trinajstić information content (AvgIpc) is 3.26. The van der Waals surface area contributed by atoms with Crippen LogP contribution >= 0.6 is 0 Å². The van der Waals surface area contributed by atoms with Crippen molar-refractivity contribution < 1.29 is 23.9 Å². The Kier molecular flexibility index (Phi) is 10.0. The summed E-state index contributed by atoms with van der Waals surface area (Å²) in [7, 11) is -0.541. The third-order valence-corrected chi connectivity index (χ3v) is 10.1. The van der Waals surface area contributed by atoms with Gasteiger partial charge in [0.1, 0.15) is 0 Å². The van der Waals surface area contributed by atoms with E-state index >= 15 is 0 Å². The molecule has 7 atom stereocenters. The summed E-state index contributed by atoms with van der Waals surface area (Å²) in [6.07, 6.45) is 6.61. The summed E-state index contributed by atoms with van der Waals surface area (Å²) in [6, 6.07) is -0.233. The molecular formula is C28H49BN6O6. The lowest BCUT2D eigenvalue weighted by Gasteiger charge is -2.64. The monoisotopic (exact) mass is 576 g/mol. The van der Waals surface area contributed by atoms with Gasteiger partial charge in [-0.05, 0) is 81.6 Å². The summed E-state index contributed by atoms with van der Waals surface area (Å²) in [5.41, 5.74) is 7.20. The molecule has 5 aliphatic rings. The molecule has 1 unspecified atom stereocenters. The number of nitro groups is 1. The topological polar surface area (TPSA) is 170 Å². The highest BCUT2D eigenvalue weighted by Gasteiger charge is 2.68. The highest BCUT2D eigenvalue weighted by atomic mass is 16.7. The lowest BCUT2D eigenvalue weighted by Crippen LogP contribution is -2.65. The van der Waals surface area contributed by atoms with E-state index in [1.165, 1.54) is 0 Å². The van der Waals surface area contributed by atoms with Crippen LogP contribution < -0.4 is 21.8 Å². The van der Waals surface area contributed by atoms with Gasteiger partial charge in [-0.15, -0.1) is 0 Å². The number of Topliss-reactive ketones (excluding diaryl/α,β-unsaturated/α-hetero) is 1. The second-order valence-corrected chi connectivity index (χ2v) is 13.7. The van der Waals surface area contributed by atoms with Crippen molar-refractivity contribution in [3.8, 4) is 0 Å². The number of hydrazine groups is 1. The Balaban J connectivity index is 1.43. The first-order valence-corrected chi connectivity index (χ1v) is 15.4. The predicted octanol–water partition coefficient (Wildman–Crippen LogP) is 2.38. The Bertz CT molecular complexity index is 1000. The fourth-order valence-electron chi connectivity index (χ4n) is 7.62. The lowest BCUT2D eigenvalue weighted by molar-refractivity contribution is -0.525. The third kappa shape index (κ3) is 7.22. The van der Waals surface area contributed by atoms with Gasteiger partial charge in [-0.3, -0.25) is 9.59 Å². The fraction of sp³-hybridized carbons (Fsp3) is 0.893. The predicted molar refractivity (Wildman–Crippen MR) is 156 cm³/mol. The molecule has 3 aliphatic carbocycles. The Morgan fingerprint density at radius 3 is 2.63 bits per heavy atom. The van der Waals surface area contributed by atoms with Crippen LogP contribution in [0.4, 0.5) is 0 Å². The molecule has 3 saturated carbocycles. The van der Waals surface area contributed by atoms with Crippen molar-refractivity contribution in [2.24, 2.45) is 39.8 Å². The Hall–Kier alpha value is -2.25. The van der Waals surface area contributed by atoms with Gasteiger partial charge in [-0.2, -0.15) is 0 Å². The molecule has 2 saturated heterocycles. The molecule has 5 N–H and O–H groups in total. The number of aliphatic imine (C=N–C) groups is 1. The van der Waals surface area contributed by atoms with E-state index in [1.54, 1.807) is 0 Å². The van der Waals surface area contributed by atoms with Gasteiger partial charge in [-0.1, -0.05) is 39.5 Å². The van der Waals surface area contributed by atoms with E-state index in [9.17, 15) is 19.7 Å². The number of amides is 1. The minimum Gasteiger partial charge on any atom is -0.404 e. The molecule has 0 aromatic carbocycles. The van der Waals surface area contributed by atoms with Gasteiger partial charge in [0.2, 0.25) is 5.91 Å². The number of nitrogens with zero attached hydrogens (tertiary/aromatic N) is 2. The van der Waals surface area contributed by atoms with Crippen LogP contribution in [0.3, 0.4) is 0 Å². The van der Waals surface area contributed by atoms with Crippen LogP contribution in [0.15, 0.2) is 4.99 Å². The summed E-state index contributed by atoms with van der Waals surface area (Å²) in [4.78, 5) is 41.5. The lowest BCUT2D eigenvalue weighted by atomic mass is 9.43. The molecule has 5 rings (SSSR count). The highest BCUT2D eigenvalue weighted by Crippen LogP contribution is 2.65. The number of hydrogen-bond donors (Lipinski definition) is 4. The van der Waals surface area contributed by atoms with Gasteiger partial charge in [0, 0.05) is 18.9 Å². The number of rotatable bonds is 13. The van der Waals surface area contributed by atoms with Crippen LogP contribution in [0.5, 0.6) is 0 Å². The third-order valence-electron chi connectivity index (χ3n) is 10.1. The first kappa shape index (κ1) is 31.7. The van der Waals surface area contributed by atoms with Crippen LogP contribution in [0.2, 0.25) is 0 Å². The minimum atomic E-state index is -0.770. The molecule has 0 aromatic heterocycles. The summed E-state index contributed by atoms with van der Waals surface area (Å²) < 4.78 is 13.2. The van der Waals surface area contributed by atoms with Gasteiger partial charge in [-0.25, -0.2) is 15.1 Å². The van der Waals surface area contributed by atoms with Crippen LogP contribution in [0, 0.1) is 39.2 Å². The van der Waals surface area contributed by atoms with Gasteiger partial charge in [0.25, 0.3) is 5.96 Å². The first-order chi connectivity index (χ1) is 19.3. The van der Waals surface area contributed by atoms with Gasteiger partial charge in [0.15, 0.2) is 10.8 Å². The Labute approximate surface area is 244 Å². The molecule has 12 nitrogen and oxygen atoms in total. The summed E-state index contributed by atoms with van der Waals surface area (Å²) in [5, 5.41) is 16.3. The number of piperidine rings is 1. The van der Waals surface area contributed by atoms with Gasteiger partial charge < -0.3 is 25.7 Å². The van der Waals surface area contributed by atoms with E-state index < -0.39 is 18.1 Å². The summed E-state index contributed by atoms with van der Waals surface area (Å²) in [5.74, 6) is 0.0000640. The standard InChI is InChI=1S/C28H49BN6O6/c1-17(2)13-24(29-40-23-16-19-15-22(27(19,3)4)28(23,5)41-29)33-25(37)18(9-8-12-32-26(30)34-35(38)39)14-21(36)20-10-6-7-11-31-20/h17-20,22-24,31H,6-16H2,1-5H3,(H,33,37)(H3,30,32,34)/t18-,19+,20?,22+,23-,24+,28+/m1/s1. The van der Waals surface area contributed by atoms with E-state index in [2.05, 4.69) is 50.2 Å². The van der Waals surface area contributed by atoms with Crippen LogP contribution in [0.25, 0.3) is 0 Å². The number of hydrogen-bond acceptors (Lipinski definition) is 8. The molecule has 2 aliphatic heterocycles. The van der Waals surface area contributed by atoms with Gasteiger partial charge >= 0.3 is 7.12 Å². The van der Waals surface area contributed by atoms with Crippen molar-refractivity contribution in [1.29, 1.82) is 0 Å². The molecule has 2 heterocycles. The van der Waals surface area contributed by atoms with E-state index in [0.717, 1.165) is 38.6 Å². The quantitative estimate of drug-likeness (QED) is 0.0642. The van der Waals surface area contributed by atoms with Crippen molar-refractivity contribution in [3.05, 3.63) is 10.1 Å². The number of nitrogens with one attached hydrogen (secondary N) is 3. The maximum Gasteiger partial charge on any atom is 0.481 e. The van der Waals surface area contributed by atoms with Crippen molar-refractivity contribution >= 4 is 24.8 Å². The van der Waals surface area contributed by atoms with E-state index in [1.807, 2.05) is 5.43 Å². The normalized spacial score (nSPS) is 32.0. The highest BCUT2D eigenvalue weighted by molar-refractivity contribution is 6.47. The largest absolute Gasteiger partial charge is 0.481 e. The molecule has 1 amide bonds. The zero-order chi connectivity index (χ0) is 29.9. The Morgan fingerprint density at radius 2 is 2.00 bits per heavy atom. The molecule has 0 spiro atoms. The maximum atomic E-state index is 13.8. The summed E-state index contributed by atoms with van der Waals surface area (Å²) in [6.45, 7) is 12.0. The van der Waals surface area contributed by atoms with Crippen molar-refractivity contribution in [3.63, 3.8) is 0 Å². The second-order valence-electron chi connectivity index (χ2n) is 13.7. The molecule has 0 aromatic rings. The van der Waals surface area contributed by atoms with E-state index in [4.69, 9.17) is 15.0 Å². The molecule has 2 bridgehead atoms. The SMILES string of the molecule is CC(C)C[C@H](NC(=O)[C@H](CCCN=C(N)N[N+](=O)[O-])CC(=O)C1CCCCN1)B1O[C@@H]2C[C@@H]3C[C@@H](C3(C)C)[C@]2(C)O1. The van der Waals surface area contributed by atoms with Crippen molar-refractivity contribution in [2.45, 2.75) is 116 Å². The molecule has 0 radical (unpaired) electrons. The smallest absolute Gasteiger partial charge is 0.404 e. The van der Waals surface area contributed by atoms with Crippen molar-refractivity contribution in [2.75, 3.05) is 13.1 Å². The number of nitrogens with two attached hydrogens (primary N) is 1. The zero-order valence-electron chi connectivity index (χ0n) is 25.3. The number of carbonyl (C=O) groups excluding carboxylic acids is 2. The Morgan fingerprint density at radius 1 is 1.24 bits per heavy atom. The number of ketones is 1. The van der Waals surface area contributed by atoms with Gasteiger partial charge in [0.05, 0.1) is 23.7 Å². The van der Waals surface area contributed by atoms with Crippen LogP contribution in [-0.2, 0) is 18.9 Å². The van der Waals surface area contributed by atoms with Crippen LogP contribution in [0.1, 0.15) is 92.4 Å². The van der Waals surface area contributed by atoms with E-state index in [0.29, 0.717) is 37.0 Å². The molecular weight excluding hydrogens is 527 g/mol. The summed E-state index contributed by atoms with van der Waals surface area (Å²) >= 11 is 0.